The third-order valence-electron chi connectivity index (χ3n) is 3.77. The molecule has 2 aliphatic heterocycles. The SMILES string of the molecule is CC1C=CN=C(CN2CCNCCNCCNCC2)C=C1. The van der Waals surface area contributed by atoms with Crippen LogP contribution in [0, 0.1) is 5.92 Å². The fourth-order valence-electron chi connectivity index (χ4n) is 2.44. The van der Waals surface area contributed by atoms with Gasteiger partial charge in [0.1, 0.15) is 0 Å². The summed E-state index contributed by atoms with van der Waals surface area (Å²) < 4.78 is 0. The first-order valence-electron chi connectivity index (χ1n) is 8.10. The minimum absolute atomic E-state index is 0.480. The zero-order chi connectivity index (χ0) is 14.8. The predicted molar refractivity (Wildman–Crippen MR) is 89.9 cm³/mol. The molecule has 2 aliphatic rings. The Morgan fingerprint density at radius 2 is 1.62 bits per heavy atom. The van der Waals surface area contributed by atoms with E-state index < -0.39 is 0 Å². The lowest BCUT2D eigenvalue weighted by Crippen LogP contribution is -2.43. The van der Waals surface area contributed by atoms with Gasteiger partial charge >= 0.3 is 0 Å². The highest BCUT2D eigenvalue weighted by atomic mass is 15.2. The van der Waals surface area contributed by atoms with Gasteiger partial charge in [0.25, 0.3) is 0 Å². The second-order valence-corrected chi connectivity index (χ2v) is 5.71. The smallest absolute Gasteiger partial charge is 0.0540 e. The second-order valence-electron chi connectivity index (χ2n) is 5.71. The van der Waals surface area contributed by atoms with Crippen molar-refractivity contribution < 1.29 is 0 Å². The quantitative estimate of drug-likeness (QED) is 0.682. The van der Waals surface area contributed by atoms with Gasteiger partial charge in [0.2, 0.25) is 0 Å². The summed E-state index contributed by atoms with van der Waals surface area (Å²) in [4.78, 5) is 7.03. The van der Waals surface area contributed by atoms with Gasteiger partial charge in [-0.2, -0.15) is 0 Å². The number of aliphatic imine (C=N–C) groups is 1. The molecule has 1 fully saturated rings. The van der Waals surface area contributed by atoms with Crippen LogP contribution in [0.4, 0.5) is 0 Å². The molecule has 0 bridgehead atoms. The van der Waals surface area contributed by atoms with Gasteiger partial charge in [-0.1, -0.05) is 19.1 Å². The van der Waals surface area contributed by atoms with Gasteiger partial charge in [-0.25, -0.2) is 0 Å². The highest BCUT2D eigenvalue weighted by molar-refractivity contribution is 5.97. The molecule has 0 amide bonds. The first-order chi connectivity index (χ1) is 10.3. The molecule has 0 aromatic rings. The number of rotatable bonds is 2. The summed E-state index contributed by atoms with van der Waals surface area (Å²) in [5, 5.41) is 10.4. The van der Waals surface area contributed by atoms with Crippen LogP contribution in [0.5, 0.6) is 0 Å². The molecular weight excluding hydrogens is 262 g/mol. The minimum Gasteiger partial charge on any atom is -0.314 e. The van der Waals surface area contributed by atoms with Gasteiger partial charge < -0.3 is 16.0 Å². The van der Waals surface area contributed by atoms with Gasteiger partial charge in [-0.15, -0.1) is 0 Å². The van der Waals surface area contributed by atoms with Crippen molar-refractivity contribution in [2.45, 2.75) is 6.92 Å². The molecule has 118 valence electrons. The van der Waals surface area contributed by atoms with Crippen molar-refractivity contribution in [3.8, 4) is 0 Å². The van der Waals surface area contributed by atoms with Gasteiger partial charge in [0, 0.05) is 65.1 Å². The van der Waals surface area contributed by atoms with E-state index in [2.05, 4.69) is 51.0 Å². The lowest BCUT2D eigenvalue weighted by atomic mass is 10.1. The molecule has 0 saturated carbocycles. The molecule has 2 heterocycles. The van der Waals surface area contributed by atoms with E-state index in [-0.39, 0.29) is 0 Å². The van der Waals surface area contributed by atoms with Crippen LogP contribution in [-0.4, -0.2) is 69.5 Å². The maximum absolute atomic E-state index is 4.55. The van der Waals surface area contributed by atoms with Crippen LogP contribution in [0.25, 0.3) is 0 Å². The van der Waals surface area contributed by atoms with Crippen LogP contribution >= 0.6 is 0 Å². The van der Waals surface area contributed by atoms with Crippen LogP contribution in [0.15, 0.2) is 29.4 Å². The Morgan fingerprint density at radius 3 is 2.29 bits per heavy atom. The molecule has 2 rings (SSSR count). The Morgan fingerprint density at radius 1 is 1.00 bits per heavy atom. The molecule has 0 aliphatic carbocycles. The summed E-state index contributed by atoms with van der Waals surface area (Å²) in [6, 6.07) is 0. The summed E-state index contributed by atoms with van der Waals surface area (Å²) in [5.74, 6) is 0.480. The van der Waals surface area contributed by atoms with E-state index in [9.17, 15) is 0 Å². The Bertz CT molecular complexity index is 363. The first kappa shape index (κ1) is 16.4. The van der Waals surface area contributed by atoms with Crippen molar-refractivity contribution in [3.05, 3.63) is 24.4 Å². The molecule has 1 atom stereocenters. The van der Waals surface area contributed by atoms with Gasteiger partial charge in [-0.05, 0) is 12.0 Å². The fraction of sp³-hybridized carbons (Fsp3) is 0.688. The molecule has 1 saturated heterocycles. The van der Waals surface area contributed by atoms with E-state index >= 15 is 0 Å². The topological polar surface area (TPSA) is 51.7 Å². The molecule has 21 heavy (non-hydrogen) atoms. The van der Waals surface area contributed by atoms with Gasteiger partial charge in [0.05, 0.1) is 5.71 Å². The van der Waals surface area contributed by atoms with Crippen molar-refractivity contribution in [2.24, 2.45) is 10.9 Å². The highest BCUT2D eigenvalue weighted by Gasteiger charge is 2.08. The zero-order valence-corrected chi connectivity index (χ0v) is 13.1. The number of nitrogens with one attached hydrogen (secondary N) is 3. The van der Waals surface area contributed by atoms with Crippen molar-refractivity contribution in [2.75, 3.05) is 58.9 Å². The molecule has 0 aromatic heterocycles. The predicted octanol–water partition coefficient (Wildman–Crippen LogP) is 0.231. The largest absolute Gasteiger partial charge is 0.314 e. The average Bonchev–Trinajstić information content (AvgIpc) is 2.67. The highest BCUT2D eigenvalue weighted by Crippen LogP contribution is 2.05. The molecule has 1 unspecified atom stereocenters. The monoisotopic (exact) mass is 291 g/mol. The van der Waals surface area contributed by atoms with Crippen LogP contribution in [0.3, 0.4) is 0 Å². The molecule has 5 heteroatoms. The Hall–Kier alpha value is -1.01. The molecule has 0 radical (unpaired) electrons. The van der Waals surface area contributed by atoms with Crippen molar-refractivity contribution in [1.29, 1.82) is 0 Å². The Balaban J connectivity index is 1.84. The van der Waals surface area contributed by atoms with Gasteiger partial charge in [0.15, 0.2) is 0 Å². The van der Waals surface area contributed by atoms with E-state index in [1.165, 1.54) is 0 Å². The Labute approximate surface area is 128 Å². The standard InChI is InChI=1S/C16H29N5/c1-15-2-3-16(20-5-4-15)14-21-12-10-18-8-6-17-7-9-19-11-13-21/h2-5,15,17-19H,6-14H2,1H3. The Kier molecular flexibility index (Phi) is 7.67. The molecule has 3 N–H and O–H groups in total. The molecule has 0 aromatic carbocycles. The maximum Gasteiger partial charge on any atom is 0.0540 e. The second kappa shape index (κ2) is 9.84. The van der Waals surface area contributed by atoms with Gasteiger partial charge in [-0.3, -0.25) is 9.89 Å². The van der Waals surface area contributed by atoms with E-state index in [4.69, 9.17) is 0 Å². The van der Waals surface area contributed by atoms with Crippen LogP contribution in [0.1, 0.15) is 6.92 Å². The summed E-state index contributed by atoms with van der Waals surface area (Å²) in [6.07, 6.45) is 8.47. The van der Waals surface area contributed by atoms with Crippen molar-refractivity contribution in [3.63, 3.8) is 0 Å². The van der Waals surface area contributed by atoms with Crippen molar-refractivity contribution >= 4 is 5.71 Å². The van der Waals surface area contributed by atoms with E-state index in [0.29, 0.717) is 5.92 Å². The molecule has 5 nitrogen and oxygen atoms in total. The molecule has 0 spiro atoms. The third kappa shape index (κ3) is 7.00. The number of allylic oxidation sites excluding steroid dienone is 2. The van der Waals surface area contributed by atoms with Crippen LogP contribution in [-0.2, 0) is 0 Å². The minimum atomic E-state index is 0.480. The normalized spacial score (nSPS) is 26.5. The summed E-state index contributed by atoms with van der Waals surface area (Å²) >= 11 is 0. The van der Waals surface area contributed by atoms with E-state index in [1.54, 1.807) is 0 Å². The number of hydrogen-bond acceptors (Lipinski definition) is 5. The van der Waals surface area contributed by atoms with Crippen LogP contribution in [0.2, 0.25) is 0 Å². The number of nitrogens with zero attached hydrogens (tertiary/aromatic N) is 2. The third-order valence-corrected chi connectivity index (χ3v) is 3.77. The lowest BCUT2D eigenvalue weighted by molar-refractivity contribution is 0.306. The van der Waals surface area contributed by atoms with E-state index in [0.717, 1.165) is 64.6 Å². The summed E-state index contributed by atoms with van der Waals surface area (Å²) in [6.45, 7) is 11.5. The first-order valence-corrected chi connectivity index (χ1v) is 8.10. The van der Waals surface area contributed by atoms with Crippen LogP contribution < -0.4 is 16.0 Å². The average molecular weight is 291 g/mol. The zero-order valence-electron chi connectivity index (χ0n) is 13.1. The molecular formula is C16H29N5. The summed E-state index contributed by atoms with van der Waals surface area (Å²) in [7, 11) is 0. The number of hydrogen-bond donors (Lipinski definition) is 3. The fourth-order valence-corrected chi connectivity index (χ4v) is 2.44. The van der Waals surface area contributed by atoms with Crippen molar-refractivity contribution in [1.82, 2.24) is 20.9 Å². The summed E-state index contributed by atoms with van der Waals surface area (Å²) in [5.41, 5.74) is 1.16. The maximum atomic E-state index is 4.55. The van der Waals surface area contributed by atoms with E-state index in [1.807, 2.05) is 6.20 Å². The lowest BCUT2D eigenvalue weighted by Gasteiger charge is -2.23.